The molecule has 0 unspecified atom stereocenters. The average molecular weight is 395 g/mol. The van der Waals surface area contributed by atoms with Gasteiger partial charge in [0, 0.05) is 35.0 Å². The fourth-order valence-electron chi connectivity index (χ4n) is 5.35. The molecule has 0 heteroatoms. The Morgan fingerprint density at radius 2 is 0.871 bits per heavy atom. The van der Waals surface area contributed by atoms with E-state index in [9.17, 15) is 0 Å². The lowest BCUT2D eigenvalue weighted by atomic mass is 9.53. The summed E-state index contributed by atoms with van der Waals surface area (Å²) in [5.74, 6) is 7.93. The first kappa shape index (κ1) is 19.1. The quantitative estimate of drug-likeness (QED) is 0.554. The minimum Gasteiger partial charge on any atom is -0.0758 e. The SMILES string of the molecule is [CH]1[CH][CH][C](C([C]2[C]3C=CC=C[C]3[C]3C=CC=C[C]32)(c2ccccc2)c2ccccc2)[CH]1. The highest BCUT2D eigenvalue weighted by atomic mass is 14.6. The Morgan fingerprint density at radius 1 is 0.452 bits per heavy atom. The Hall–Kier alpha value is -2.60. The van der Waals surface area contributed by atoms with Crippen LogP contribution in [-0.2, 0) is 5.41 Å². The molecule has 0 aromatic heterocycles. The maximum atomic E-state index is 2.29. The van der Waals surface area contributed by atoms with Gasteiger partial charge in [0.2, 0.25) is 0 Å². The number of rotatable bonds is 4. The Balaban J connectivity index is 1.64. The number of hydrogen-bond donors (Lipinski definition) is 0. The molecule has 0 heterocycles. The largest absolute Gasteiger partial charge is 0.0758 e. The smallest absolute Gasteiger partial charge is 0.0351 e. The number of hydrogen-bond acceptors (Lipinski definition) is 0. The Bertz CT molecular complexity index is 943. The van der Waals surface area contributed by atoms with E-state index in [0.717, 1.165) is 0 Å². The van der Waals surface area contributed by atoms with Crippen molar-refractivity contribution in [3.05, 3.63) is 182 Å². The van der Waals surface area contributed by atoms with Gasteiger partial charge in [-0.15, -0.1) is 0 Å². The van der Waals surface area contributed by atoms with Gasteiger partial charge in [0.25, 0.3) is 0 Å². The molecule has 0 spiro atoms. The second-order valence-corrected chi connectivity index (χ2v) is 8.12. The number of benzene rings is 2. The minimum absolute atomic E-state index is 0.408. The summed E-state index contributed by atoms with van der Waals surface area (Å²) in [4.78, 5) is 0. The maximum Gasteiger partial charge on any atom is 0.0351 e. The molecule has 10 radical (unpaired) electrons. The van der Waals surface area contributed by atoms with Crippen molar-refractivity contribution in [1.29, 1.82) is 0 Å². The zero-order chi connectivity index (χ0) is 20.7. The Labute approximate surface area is 187 Å². The van der Waals surface area contributed by atoms with Crippen LogP contribution in [0.5, 0.6) is 0 Å². The van der Waals surface area contributed by atoms with Crippen molar-refractivity contribution in [2.24, 2.45) is 0 Å². The lowest BCUT2D eigenvalue weighted by Crippen LogP contribution is -2.44. The van der Waals surface area contributed by atoms with Crippen LogP contribution in [0.15, 0.2) is 109 Å². The van der Waals surface area contributed by atoms with Gasteiger partial charge in [-0.1, -0.05) is 109 Å². The molecule has 0 N–H and O–H groups in total. The molecule has 0 atom stereocenters. The lowest BCUT2D eigenvalue weighted by Gasteiger charge is -2.48. The second-order valence-electron chi connectivity index (χ2n) is 8.12. The molecule has 2 aromatic carbocycles. The fourth-order valence-corrected chi connectivity index (χ4v) is 5.35. The van der Waals surface area contributed by atoms with E-state index in [0.29, 0.717) is 0 Å². The first-order valence-corrected chi connectivity index (χ1v) is 10.8. The number of fused-ring (bicyclic) bond motifs is 3. The van der Waals surface area contributed by atoms with Gasteiger partial charge >= 0.3 is 0 Å². The van der Waals surface area contributed by atoms with Gasteiger partial charge in [0.15, 0.2) is 0 Å². The molecule has 2 aromatic rings. The van der Waals surface area contributed by atoms with Crippen molar-refractivity contribution < 1.29 is 0 Å². The van der Waals surface area contributed by atoms with Crippen molar-refractivity contribution in [3.8, 4) is 0 Å². The van der Waals surface area contributed by atoms with Gasteiger partial charge in [-0.05, 0) is 42.7 Å². The zero-order valence-electron chi connectivity index (χ0n) is 17.2. The van der Waals surface area contributed by atoms with E-state index in [1.807, 2.05) is 0 Å². The highest BCUT2D eigenvalue weighted by Crippen LogP contribution is 2.67. The molecule has 4 aliphatic rings. The summed E-state index contributed by atoms with van der Waals surface area (Å²) >= 11 is 0. The number of allylic oxidation sites excluding steroid dienone is 8. The maximum absolute atomic E-state index is 2.29. The van der Waals surface area contributed by atoms with Gasteiger partial charge < -0.3 is 0 Å². The van der Waals surface area contributed by atoms with Gasteiger partial charge in [-0.3, -0.25) is 0 Å². The van der Waals surface area contributed by atoms with Crippen LogP contribution in [0.1, 0.15) is 11.1 Å². The van der Waals surface area contributed by atoms with E-state index >= 15 is 0 Å². The summed E-state index contributed by atoms with van der Waals surface area (Å²) in [6.45, 7) is 0. The van der Waals surface area contributed by atoms with Crippen molar-refractivity contribution in [1.82, 2.24) is 0 Å². The topological polar surface area (TPSA) is 0 Å². The highest BCUT2D eigenvalue weighted by Gasteiger charge is 2.61. The zero-order valence-corrected chi connectivity index (χ0v) is 17.2. The summed E-state index contributed by atoms with van der Waals surface area (Å²) in [5, 5.41) is 0. The second kappa shape index (κ2) is 7.83. The molecule has 0 nitrogen and oxygen atoms in total. The van der Waals surface area contributed by atoms with Crippen LogP contribution in [-0.4, -0.2) is 0 Å². The van der Waals surface area contributed by atoms with Gasteiger partial charge in [-0.2, -0.15) is 0 Å². The van der Waals surface area contributed by atoms with Crippen LogP contribution in [0.4, 0.5) is 0 Å². The first-order valence-electron chi connectivity index (χ1n) is 10.8. The Kier molecular flexibility index (Phi) is 4.82. The van der Waals surface area contributed by atoms with E-state index in [2.05, 4.69) is 135 Å². The third-order valence-electron chi connectivity index (χ3n) is 6.57. The summed E-state index contributed by atoms with van der Waals surface area (Å²) in [7, 11) is 0. The molecule has 6 rings (SSSR count). The van der Waals surface area contributed by atoms with Crippen molar-refractivity contribution in [2.45, 2.75) is 5.41 Å². The third kappa shape index (κ3) is 2.88. The van der Waals surface area contributed by atoms with Gasteiger partial charge in [0.05, 0.1) is 0 Å². The predicted molar refractivity (Wildman–Crippen MR) is 127 cm³/mol. The molecule has 0 amide bonds. The van der Waals surface area contributed by atoms with Crippen LogP contribution in [0, 0.1) is 61.2 Å². The molecular weight excluding hydrogens is 372 g/mol. The molecular formula is C31H22. The van der Waals surface area contributed by atoms with Gasteiger partial charge in [0.1, 0.15) is 0 Å². The average Bonchev–Trinajstić information content (AvgIpc) is 3.49. The summed E-state index contributed by atoms with van der Waals surface area (Å²) < 4.78 is 0. The standard InChI is InChI=1S/C31H22/c1-3-13-23(14-4-1)31(25-17-7-8-18-25,24-15-5-2-6-16-24)30-28-21-11-9-19-26(28)27-20-10-12-22-29(27)30/h1-22H. The third-order valence-corrected chi connectivity index (χ3v) is 6.57. The van der Waals surface area contributed by atoms with E-state index in [1.54, 1.807) is 0 Å². The molecule has 2 saturated carbocycles. The predicted octanol–water partition coefficient (Wildman–Crippen LogP) is 6.52. The molecule has 0 saturated heterocycles. The van der Waals surface area contributed by atoms with Crippen LogP contribution >= 0.6 is 0 Å². The van der Waals surface area contributed by atoms with Crippen LogP contribution in [0.2, 0.25) is 0 Å². The van der Waals surface area contributed by atoms with Crippen LogP contribution < -0.4 is 0 Å². The van der Waals surface area contributed by atoms with E-state index in [-0.39, 0.29) is 0 Å². The normalized spacial score (nSPS) is 23.0. The summed E-state index contributed by atoms with van der Waals surface area (Å²) in [6.07, 6.45) is 26.6. The van der Waals surface area contributed by atoms with Gasteiger partial charge in [-0.25, -0.2) is 0 Å². The van der Waals surface area contributed by atoms with E-state index in [4.69, 9.17) is 0 Å². The fraction of sp³-hybridized carbons (Fsp3) is 0.0323. The molecule has 0 bridgehead atoms. The van der Waals surface area contributed by atoms with Crippen LogP contribution in [0.25, 0.3) is 0 Å². The summed E-state index contributed by atoms with van der Waals surface area (Å²) in [6, 6.07) is 21.9. The molecule has 146 valence electrons. The van der Waals surface area contributed by atoms with E-state index < -0.39 is 5.41 Å². The van der Waals surface area contributed by atoms with E-state index in [1.165, 1.54) is 46.6 Å². The lowest BCUT2D eigenvalue weighted by molar-refractivity contribution is 0.585. The van der Waals surface area contributed by atoms with Crippen molar-refractivity contribution >= 4 is 0 Å². The molecule has 0 aliphatic heterocycles. The molecule has 2 fully saturated rings. The highest BCUT2D eigenvalue weighted by molar-refractivity contribution is 5.83. The first-order chi connectivity index (χ1) is 15.4. The molecule has 4 aliphatic carbocycles. The van der Waals surface area contributed by atoms with Crippen molar-refractivity contribution in [2.75, 3.05) is 0 Å². The Morgan fingerprint density at radius 3 is 1.32 bits per heavy atom. The van der Waals surface area contributed by atoms with Crippen LogP contribution in [0.3, 0.4) is 0 Å². The van der Waals surface area contributed by atoms with Crippen molar-refractivity contribution in [3.63, 3.8) is 0 Å². The monoisotopic (exact) mass is 394 g/mol. The summed E-state index contributed by atoms with van der Waals surface area (Å²) in [5.41, 5.74) is 2.16. The molecule has 31 heavy (non-hydrogen) atoms. The minimum atomic E-state index is -0.408.